The van der Waals surface area contributed by atoms with Crippen LogP contribution in [0.15, 0.2) is 0 Å². The molecule has 0 radical (unpaired) electrons. The molecule has 0 rings (SSSR count). The second kappa shape index (κ2) is 11.8. The van der Waals surface area contributed by atoms with Crippen LogP contribution in [0.4, 0.5) is 0 Å². The van der Waals surface area contributed by atoms with E-state index in [-0.39, 0.29) is 18.8 Å². The Morgan fingerprint density at radius 1 is 1.12 bits per heavy atom. The molecule has 0 bridgehead atoms. The van der Waals surface area contributed by atoms with Crippen LogP contribution < -0.4 is 5.32 Å². The summed E-state index contributed by atoms with van der Waals surface area (Å²) in [5.41, 5.74) is 0. The van der Waals surface area contributed by atoms with Crippen molar-refractivity contribution in [3.05, 3.63) is 0 Å². The van der Waals surface area contributed by atoms with Gasteiger partial charge in [-0.2, -0.15) is 0 Å². The first kappa shape index (κ1) is 16.4. The third kappa shape index (κ3) is 10.2. The van der Waals surface area contributed by atoms with E-state index < -0.39 is 0 Å². The Bertz CT molecular complexity index is 181. The van der Waals surface area contributed by atoms with Crippen LogP contribution in [0.5, 0.6) is 0 Å². The second-order valence-corrected chi connectivity index (χ2v) is 3.46. The normalized spacial score (nSPS) is 10.8. The van der Waals surface area contributed by atoms with Crippen molar-refractivity contribution in [2.45, 2.75) is 39.9 Å². The topological polar surface area (TPSA) is 56.8 Å². The van der Waals surface area contributed by atoms with Crippen molar-refractivity contribution in [2.24, 2.45) is 0 Å². The number of hydrogen-bond acceptors (Lipinski definition) is 5. The lowest BCUT2D eigenvalue weighted by Crippen LogP contribution is -2.27. The molecule has 102 valence electrons. The van der Waals surface area contributed by atoms with Gasteiger partial charge in [-0.1, -0.05) is 0 Å². The van der Waals surface area contributed by atoms with Crippen LogP contribution in [0, 0.1) is 0 Å². The Labute approximate surface area is 104 Å². The van der Waals surface area contributed by atoms with Crippen LogP contribution in [0.25, 0.3) is 0 Å². The Balaban J connectivity index is 3.44. The maximum absolute atomic E-state index is 11.0. The van der Waals surface area contributed by atoms with Gasteiger partial charge in [0.25, 0.3) is 0 Å². The molecule has 0 saturated heterocycles. The van der Waals surface area contributed by atoms with Gasteiger partial charge >= 0.3 is 5.97 Å². The third-order valence-corrected chi connectivity index (χ3v) is 2.07. The van der Waals surface area contributed by atoms with Crippen molar-refractivity contribution in [2.75, 3.05) is 32.9 Å². The fraction of sp³-hybridized carbons (Fsp3) is 0.917. The first-order valence-corrected chi connectivity index (χ1v) is 6.34. The Kier molecular flexibility index (Phi) is 11.4. The molecule has 5 heteroatoms. The van der Waals surface area contributed by atoms with Crippen molar-refractivity contribution in [1.29, 1.82) is 0 Å². The molecule has 0 aromatic carbocycles. The predicted molar refractivity (Wildman–Crippen MR) is 65.8 cm³/mol. The number of ether oxygens (including phenoxy) is 3. The van der Waals surface area contributed by atoms with E-state index in [2.05, 4.69) is 5.32 Å². The molecule has 0 aliphatic carbocycles. The van der Waals surface area contributed by atoms with Gasteiger partial charge in [-0.25, -0.2) is 0 Å². The molecule has 0 atom stereocenters. The summed E-state index contributed by atoms with van der Waals surface area (Å²) in [5.74, 6) is -0.210. The average molecular weight is 247 g/mol. The summed E-state index contributed by atoms with van der Waals surface area (Å²) in [6.07, 6.45) is 1.61. The molecular formula is C12H25NO4. The smallest absolute Gasteiger partial charge is 0.319 e. The minimum absolute atomic E-state index is 0.130. The molecule has 17 heavy (non-hydrogen) atoms. The molecule has 0 fully saturated rings. The number of hydrogen-bond donors (Lipinski definition) is 1. The number of esters is 1. The van der Waals surface area contributed by atoms with Gasteiger partial charge in [-0.3, -0.25) is 4.79 Å². The van der Waals surface area contributed by atoms with Gasteiger partial charge in [-0.05, 0) is 40.2 Å². The van der Waals surface area contributed by atoms with E-state index in [1.165, 1.54) is 0 Å². The molecule has 0 heterocycles. The molecule has 0 aromatic rings. The van der Waals surface area contributed by atoms with Gasteiger partial charge in [0.2, 0.25) is 0 Å². The molecule has 0 aliphatic rings. The van der Waals surface area contributed by atoms with Gasteiger partial charge in [0.05, 0.1) is 13.2 Å². The Hall–Kier alpha value is -0.650. The lowest BCUT2D eigenvalue weighted by Gasteiger charge is -2.16. The monoisotopic (exact) mass is 247 g/mol. The molecular weight excluding hydrogens is 222 g/mol. The maximum Gasteiger partial charge on any atom is 0.319 e. The summed E-state index contributed by atoms with van der Waals surface area (Å²) < 4.78 is 15.6. The maximum atomic E-state index is 11.0. The van der Waals surface area contributed by atoms with E-state index in [0.29, 0.717) is 19.8 Å². The quantitative estimate of drug-likeness (QED) is 0.339. The summed E-state index contributed by atoms with van der Waals surface area (Å²) >= 11 is 0. The SMILES string of the molecule is CCOC(=O)CNCCCC(OCC)OCC. The molecule has 5 nitrogen and oxygen atoms in total. The van der Waals surface area contributed by atoms with Gasteiger partial charge < -0.3 is 19.5 Å². The van der Waals surface area contributed by atoms with Gasteiger partial charge in [0, 0.05) is 13.2 Å². The van der Waals surface area contributed by atoms with Crippen LogP contribution in [-0.4, -0.2) is 45.2 Å². The highest BCUT2D eigenvalue weighted by atomic mass is 16.7. The Morgan fingerprint density at radius 3 is 2.29 bits per heavy atom. The van der Waals surface area contributed by atoms with Crippen molar-refractivity contribution in [1.82, 2.24) is 5.32 Å². The summed E-state index contributed by atoms with van der Waals surface area (Å²) in [6, 6.07) is 0. The Morgan fingerprint density at radius 2 is 1.76 bits per heavy atom. The zero-order valence-electron chi connectivity index (χ0n) is 11.2. The van der Waals surface area contributed by atoms with Crippen molar-refractivity contribution in [3.63, 3.8) is 0 Å². The van der Waals surface area contributed by atoms with Crippen molar-refractivity contribution >= 4 is 5.97 Å². The lowest BCUT2D eigenvalue weighted by atomic mass is 10.3. The molecule has 0 amide bonds. The molecule has 1 N–H and O–H groups in total. The number of nitrogens with one attached hydrogen (secondary N) is 1. The molecule has 0 aromatic heterocycles. The molecule has 0 aliphatic heterocycles. The van der Waals surface area contributed by atoms with Crippen LogP contribution in [0.3, 0.4) is 0 Å². The second-order valence-electron chi connectivity index (χ2n) is 3.46. The molecule has 0 unspecified atom stereocenters. The number of carbonyl (C=O) groups excluding carboxylic acids is 1. The molecule has 0 spiro atoms. The summed E-state index contributed by atoms with van der Waals surface area (Å²) in [4.78, 5) is 11.0. The zero-order chi connectivity index (χ0) is 12.9. The average Bonchev–Trinajstić information content (AvgIpc) is 2.29. The first-order chi connectivity index (χ1) is 8.24. The number of carbonyl (C=O) groups is 1. The van der Waals surface area contributed by atoms with Crippen LogP contribution >= 0.6 is 0 Å². The van der Waals surface area contributed by atoms with E-state index in [1.807, 2.05) is 13.8 Å². The van der Waals surface area contributed by atoms with E-state index >= 15 is 0 Å². The number of rotatable bonds is 11. The van der Waals surface area contributed by atoms with E-state index in [9.17, 15) is 4.79 Å². The van der Waals surface area contributed by atoms with Crippen LogP contribution in [-0.2, 0) is 19.0 Å². The highest BCUT2D eigenvalue weighted by molar-refractivity contribution is 5.71. The van der Waals surface area contributed by atoms with Crippen LogP contribution in [0.1, 0.15) is 33.6 Å². The van der Waals surface area contributed by atoms with Crippen molar-refractivity contribution in [3.8, 4) is 0 Å². The summed E-state index contributed by atoms with van der Waals surface area (Å²) in [6.45, 7) is 8.46. The fourth-order valence-corrected chi connectivity index (χ4v) is 1.38. The van der Waals surface area contributed by atoms with Gasteiger partial charge in [0.15, 0.2) is 6.29 Å². The highest BCUT2D eigenvalue weighted by Gasteiger charge is 2.07. The highest BCUT2D eigenvalue weighted by Crippen LogP contribution is 2.03. The van der Waals surface area contributed by atoms with Crippen molar-refractivity contribution < 1.29 is 19.0 Å². The third-order valence-electron chi connectivity index (χ3n) is 2.07. The summed E-state index contributed by atoms with van der Waals surface area (Å²) in [7, 11) is 0. The minimum Gasteiger partial charge on any atom is -0.465 e. The zero-order valence-corrected chi connectivity index (χ0v) is 11.2. The predicted octanol–water partition coefficient (Wildman–Crippen LogP) is 1.32. The van der Waals surface area contributed by atoms with Gasteiger partial charge in [-0.15, -0.1) is 0 Å². The van der Waals surface area contributed by atoms with E-state index in [4.69, 9.17) is 14.2 Å². The van der Waals surface area contributed by atoms with E-state index in [0.717, 1.165) is 19.4 Å². The fourth-order valence-electron chi connectivity index (χ4n) is 1.38. The minimum atomic E-state index is -0.210. The lowest BCUT2D eigenvalue weighted by molar-refractivity contribution is -0.142. The van der Waals surface area contributed by atoms with E-state index in [1.54, 1.807) is 6.92 Å². The van der Waals surface area contributed by atoms with Gasteiger partial charge in [0.1, 0.15) is 0 Å². The standard InChI is InChI=1S/C12H25NO4/c1-4-15-11(14)10-13-9-7-8-12(16-5-2)17-6-3/h12-13H,4-10H2,1-3H3. The summed E-state index contributed by atoms with van der Waals surface area (Å²) in [5, 5.41) is 3.02. The largest absolute Gasteiger partial charge is 0.465 e. The molecule has 0 saturated carbocycles. The van der Waals surface area contributed by atoms with Crippen LogP contribution in [0.2, 0.25) is 0 Å². The first-order valence-electron chi connectivity index (χ1n) is 6.34.